The number of halogens is 1. The fraction of sp³-hybridized carbons (Fsp3) is 0.150. The number of ether oxygens (including phenoxy) is 4. The van der Waals surface area contributed by atoms with Crippen molar-refractivity contribution in [3.05, 3.63) is 154 Å². The summed E-state index contributed by atoms with van der Waals surface area (Å²) < 4.78 is 41.1. The summed E-state index contributed by atoms with van der Waals surface area (Å²) in [5.41, 5.74) is 0.450. The van der Waals surface area contributed by atoms with Crippen LogP contribution < -0.4 is 4.90 Å². The number of imide groups is 1. The third-order valence-electron chi connectivity index (χ3n) is 8.92. The van der Waals surface area contributed by atoms with Gasteiger partial charge in [0.25, 0.3) is 18.1 Å². The van der Waals surface area contributed by atoms with Gasteiger partial charge in [-0.05, 0) is 48.5 Å². The van der Waals surface area contributed by atoms with Gasteiger partial charge in [-0.15, -0.1) is 0 Å². The topological polar surface area (TPSA) is 236 Å². The van der Waals surface area contributed by atoms with Crippen molar-refractivity contribution in [3.63, 3.8) is 0 Å². The van der Waals surface area contributed by atoms with Crippen LogP contribution in [0, 0.1) is 3.83 Å². The fourth-order valence-electron chi connectivity index (χ4n) is 6.22. The van der Waals surface area contributed by atoms with Gasteiger partial charge in [-0.3, -0.25) is 23.2 Å². The number of carbonyl (C=O) groups is 5. The largest absolute Gasteiger partial charge is 0.477 e. The molecular weight excluding hydrogens is 916 g/mol. The van der Waals surface area contributed by atoms with E-state index < -0.39 is 75.4 Å². The molecule has 2 unspecified atom stereocenters. The number of carboxylic acid groups (broad SMARTS) is 1. The third kappa shape index (κ3) is 9.31. The molecule has 2 N–H and O–H groups in total. The van der Waals surface area contributed by atoms with Crippen LogP contribution >= 0.6 is 30.8 Å². The summed E-state index contributed by atoms with van der Waals surface area (Å²) in [7, 11) is -3.81. The van der Waals surface area contributed by atoms with Crippen molar-refractivity contribution >= 4 is 77.5 Å². The minimum Gasteiger partial charge on any atom is -0.477 e. The van der Waals surface area contributed by atoms with Gasteiger partial charge < -0.3 is 28.9 Å². The monoisotopic (exact) mass is 947 g/mol. The van der Waals surface area contributed by atoms with Crippen LogP contribution in [-0.2, 0) is 32.8 Å². The Morgan fingerprint density at radius 2 is 1.23 bits per heavy atom. The Hall–Kier alpha value is -6.22. The molecule has 2 aromatic heterocycles. The standard InChI is InChI=1S/C40H31IN5O13P/c41-40-43-31-28(32(44-40)46(33(47)23-13-5-1-6-14-23)34(48)24-15-7-2-8-16-24)42-22-45(31)35-30(58-38(52)26-19-11-4-12-20-26)29(57-37(51)25-17-9-3-10-18-25)27(56-35)21-55-39(36(49)50)59-60(53)54/h1-20,22,27,29-30,35,39,60H,21H2,(H,49,50)(H,53,54)/t27-,29-,30-,35-,39?/m1/s1. The first-order valence-corrected chi connectivity index (χ1v) is 20.1. The van der Waals surface area contributed by atoms with Crippen molar-refractivity contribution in [3.8, 4) is 0 Å². The zero-order chi connectivity index (χ0) is 42.3. The van der Waals surface area contributed by atoms with E-state index in [0.29, 0.717) is 0 Å². The molecule has 6 atom stereocenters. The van der Waals surface area contributed by atoms with Gasteiger partial charge in [0, 0.05) is 33.7 Å². The molecule has 6 aromatic rings. The molecule has 1 aliphatic rings. The molecule has 2 amide bonds. The van der Waals surface area contributed by atoms with Crippen LogP contribution in [0.5, 0.6) is 0 Å². The Kier molecular flexibility index (Phi) is 13.1. The van der Waals surface area contributed by atoms with E-state index in [1.165, 1.54) is 59.4 Å². The molecule has 7 rings (SSSR count). The fourth-order valence-corrected chi connectivity index (χ4v) is 7.03. The van der Waals surface area contributed by atoms with E-state index in [1.807, 2.05) is 0 Å². The molecule has 0 saturated carbocycles. The van der Waals surface area contributed by atoms with Crippen LogP contribution in [0.1, 0.15) is 47.7 Å². The highest BCUT2D eigenvalue weighted by Gasteiger charge is 2.52. The van der Waals surface area contributed by atoms with E-state index in [0.717, 1.165) is 4.90 Å². The van der Waals surface area contributed by atoms with Gasteiger partial charge in [0.05, 0.1) is 24.1 Å². The SMILES string of the molecule is O=C(O[C@@H]1[C@H](OC(=O)c2ccccc2)[C@@H](COC(O[PH](=O)O)C(=O)O)O[C@H]1n1cnc2c(N(C(=O)c3ccccc3)C(=O)c3ccccc3)nc(I)nc21)c1ccccc1. The minimum absolute atomic E-state index is 0.0257. The van der Waals surface area contributed by atoms with E-state index in [1.54, 1.807) is 95.4 Å². The number of hydrogen-bond acceptors (Lipinski definition) is 14. The van der Waals surface area contributed by atoms with Crippen LogP contribution in [0.25, 0.3) is 11.2 Å². The van der Waals surface area contributed by atoms with E-state index in [9.17, 15) is 38.5 Å². The number of aliphatic carboxylic acids is 1. The molecule has 18 nitrogen and oxygen atoms in total. The quantitative estimate of drug-likeness (QED) is 0.0361. The minimum atomic E-state index is -3.81. The van der Waals surface area contributed by atoms with Gasteiger partial charge in [0.1, 0.15) is 6.10 Å². The van der Waals surface area contributed by atoms with Crippen molar-refractivity contribution in [1.29, 1.82) is 0 Å². The second-order valence-corrected chi connectivity index (χ2v) is 14.5. The number of carbonyl (C=O) groups excluding carboxylic acids is 4. The summed E-state index contributed by atoms with van der Waals surface area (Å²) in [4.78, 5) is 91.4. The maximum absolute atomic E-state index is 14.2. The summed E-state index contributed by atoms with van der Waals surface area (Å²) in [6, 6.07) is 31.8. The Labute approximate surface area is 353 Å². The van der Waals surface area contributed by atoms with Crippen LogP contribution in [0.4, 0.5) is 5.82 Å². The van der Waals surface area contributed by atoms with Crippen LogP contribution in [-0.4, -0.2) is 90.5 Å². The van der Waals surface area contributed by atoms with E-state index in [4.69, 9.17) is 18.9 Å². The molecule has 0 bridgehead atoms. The maximum Gasteiger partial charge on any atom is 0.361 e. The first-order chi connectivity index (χ1) is 29.0. The molecule has 0 aliphatic carbocycles. The number of amides is 2. The average Bonchev–Trinajstić information content (AvgIpc) is 3.83. The molecule has 1 saturated heterocycles. The number of anilines is 1. The van der Waals surface area contributed by atoms with Gasteiger partial charge in [-0.2, -0.15) is 0 Å². The zero-order valence-electron chi connectivity index (χ0n) is 30.7. The molecule has 60 heavy (non-hydrogen) atoms. The normalized spacial score (nSPS) is 18.3. The lowest BCUT2D eigenvalue weighted by atomic mass is 10.1. The Balaban J connectivity index is 1.35. The van der Waals surface area contributed by atoms with Gasteiger partial charge in [-0.25, -0.2) is 34.2 Å². The predicted octanol–water partition coefficient (Wildman–Crippen LogP) is 5.09. The number of imidazole rings is 1. The van der Waals surface area contributed by atoms with Crippen molar-refractivity contribution in [2.45, 2.75) is 30.8 Å². The Morgan fingerprint density at radius 1 is 0.750 bits per heavy atom. The second kappa shape index (κ2) is 18.8. The number of fused-ring (bicyclic) bond motifs is 1. The van der Waals surface area contributed by atoms with Gasteiger partial charge in [-0.1, -0.05) is 72.8 Å². The summed E-state index contributed by atoms with van der Waals surface area (Å²) >= 11 is 1.80. The summed E-state index contributed by atoms with van der Waals surface area (Å²) in [5.74, 6) is -5.16. The molecular formula is C40H31IN5O13P. The van der Waals surface area contributed by atoms with Crippen LogP contribution in [0.2, 0.25) is 0 Å². The van der Waals surface area contributed by atoms with Crippen molar-refractivity contribution in [2.24, 2.45) is 0 Å². The van der Waals surface area contributed by atoms with Crippen LogP contribution in [0.15, 0.2) is 128 Å². The first kappa shape index (κ1) is 41.9. The number of rotatable bonds is 14. The molecule has 0 radical (unpaired) electrons. The lowest BCUT2D eigenvalue weighted by Gasteiger charge is -2.25. The maximum atomic E-state index is 14.2. The lowest BCUT2D eigenvalue weighted by Crippen LogP contribution is -2.42. The molecule has 3 heterocycles. The average molecular weight is 948 g/mol. The number of hydrogen-bond donors (Lipinski definition) is 2. The van der Waals surface area contributed by atoms with E-state index >= 15 is 0 Å². The van der Waals surface area contributed by atoms with E-state index in [2.05, 4.69) is 19.5 Å². The highest BCUT2D eigenvalue weighted by Crippen LogP contribution is 2.38. The van der Waals surface area contributed by atoms with E-state index in [-0.39, 0.29) is 43.1 Å². The van der Waals surface area contributed by atoms with Crippen molar-refractivity contribution < 1.29 is 62.0 Å². The molecule has 0 spiro atoms. The smallest absolute Gasteiger partial charge is 0.361 e. The van der Waals surface area contributed by atoms with Crippen LogP contribution in [0.3, 0.4) is 0 Å². The van der Waals surface area contributed by atoms with Crippen molar-refractivity contribution in [1.82, 2.24) is 19.5 Å². The second-order valence-electron chi connectivity index (χ2n) is 12.7. The number of carboxylic acids is 1. The lowest BCUT2D eigenvalue weighted by molar-refractivity contribution is -0.179. The number of aromatic nitrogens is 4. The molecule has 306 valence electrons. The Bertz CT molecular complexity index is 2500. The molecule has 1 fully saturated rings. The zero-order valence-corrected chi connectivity index (χ0v) is 33.9. The molecule has 20 heteroatoms. The summed E-state index contributed by atoms with van der Waals surface area (Å²) in [5, 5.41) is 9.64. The third-order valence-corrected chi connectivity index (χ3v) is 9.82. The summed E-state index contributed by atoms with van der Waals surface area (Å²) in [6.45, 7) is -0.746. The number of nitrogens with zero attached hydrogens (tertiary/aromatic N) is 5. The Morgan fingerprint density at radius 3 is 1.72 bits per heavy atom. The summed E-state index contributed by atoms with van der Waals surface area (Å²) in [6.07, 6.45) is -7.05. The number of benzene rings is 4. The molecule has 4 aromatic carbocycles. The number of esters is 2. The highest BCUT2D eigenvalue weighted by molar-refractivity contribution is 14.1. The molecule has 1 aliphatic heterocycles. The highest BCUT2D eigenvalue weighted by atomic mass is 127. The first-order valence-electron chi connectivity index (χ1n) is 17.8. The van der Waals surface area contributed by atoms with Gasteiger partial charge in [0.15, 0.2) is 39.2 Å². The van der Waals surface area contributed by atoms with Gasteiger partial charge in [0.2, 0.25) is 0 Å². The van der Waals surface area contributed by atoms with Crippen molar-refractivity contribution in [2.75, 3.05) is 11.5 Å². The van der Waals surface area contributed by atoms with Gasteiger partial charge >= 0.3 is 26.2 Å². The predicted molar refractivity (Wildman–Crippen MR) is 217 cm³/mol.